The number of phosphoric acid groups is 1. The lowest BCUT2D eigenvalue weighted by Crippen LogP contribution is -2.29. The molecule has 0 rings (SSSR count). The van der Waals surface area contributed by atoms with Gasteiger partial charge in [-0.15, -0.1) is 0 Å². The van der Waals surface area contributed by atoms with Crippen LogP contribution in [0.3, 0.4) is 0 Å². The Morgan fingerprint density at radius 2 is 0.797 bits per heavy atom. The van der Waals surface area contributed by atoms with E-state index in [1.54, 1.807) is 0 Å². The maximum absolute atomic E-state index is 12.7. The number of nitrogens with two attached hydrogens (primary N) is 1. The minimum Gasteiger partial charge on any atom is -0.462 e. The van der Waals surface area contributed by atoms with Crippen molar-refractivity contribution >= 4 is 19.8 Å². The first-order valence-electron chi connectivity index (χ1n) is 27.4. The van der Waals surface area contributed by atoms with Crippen molar-refractivity contribution in [2.24, 2.45) is 5.73 Å². The fraction of sp³-hybridized carbons (Fsp3) is 0.661. The standard InChI is InChI=1S/C59H100NO8P/c1-3-5-7-9-11-13-15-17-19-21-22-23-24-25-26-27-28-29-30-31-32-33-34-36-38-40-42-44-46-48-50-52-59(62)68-57(56-67-69(63,64)66-54-53-60)55-65-58(61)51-49-47-45-43-41-39-37-35-20-18-16-14-12-10-8-6-4-2/h5,7,11,13,17-20,22-23,25-26,28-29,31-32,34,36,57H,3-4,6,8-10,12,14-16,21,24,27,30,33,35,37-56,60H2,1-2H3,(H,63,64)/b7-5-,13-11-,19-17-,20-18-,23-22-,26-25-,29-28-,32-31-,36-34-. The van der Waals surface area contributed by atoms with E-state index in [-0.39, 0.29) is 32.6 Å². The molecule has 0 aromatic carbocycles. The highest BCUT2D eigenvalue weighted by molar-refractivity contribution is 7.47. The van der Waals surface area contributed by atoms with Crippen LogP contribution in [0.5, 0.6) is 0 Å². The number of esters is 2. The van der Waals surface area contributed by atoms with Crippen LogP contribution in [0.15, 0.2) is 109 Å². The van der Waals surface area contributed by atoms with E-state index in [1.807, 2.05) is 0 Å². The van der Waals surface area contributed by atoms with Gasteiger partial charge in [-0.1, -0.05) is 213 Å². The lowest BCUT2D eigenvalue weighted by atomic mass is 10.1. The van der Waals surface area contributed by atoms with E-state index in [0.717, 1.165) is 122 Å². The highest BCUT2D eigenvalue weighted by Crippen LogP contribution is 2.43. The van der Waals surface area contributed by atoms with Crippen molar-refractivity contribution in [1.29, 1.82) is 0 Å². The number of allylic oxidation sites excluding steroid dienone is 18. The van der Waals surface area contributed by atoms with Crippen molar-refractivity contribution in [2.45, 2.75) is 225 Å². The molecule has 0 saturated carbocycles. The van der Waals surface area contributed by atoms with E-state index < -0.39 is 32.5 Å². The second kappa shape index (κ2) is 54.0. The van der Waals surface area contributed by atoms with E-state index in [1.165, 1.54) is 64.2 Å². The van der Waals surface area contributed by atoms with Gasteiger partial charge in [-0.3, -0.25) is 18.6 Å². The molecule has 69 heavy (non-hydrogen) atoms. The molecule has 0 amide bonds. The Morgan fingerprint density at radius 1 is 0.449 bits per heavy atom. The second-order valence-corrected chi connectivity index (χ2v) is 19.2. The summed E-state index contributed by atoms with van der Waals surface area (Å²) in [4.78, 5) is 35.1. The predicted octanol–water partition coefficient (Wildman–Crippen LogP) is 17.1. The second-order valence-electron chi connectivity index (χ2n) is 17.7. The van der Waals surface area contributed by atoms with Crippen LogP contribution in [-0.2, 0) is 32.7 Å². The number of ether oxygens (including phenoxy) is 2. The lowest BCUT2D eigenvalue weighted by Gasteiger charge is -2.19. The highest BCUT2D eigenvalue weighted by atomic mass is 31.2. The zero-order chi connectivity index (χ0) is 50.2. The van der Waals surface area contributed by atoms with Gasteiger partial charge in [0.15, 0.2) is 6.10 Å². The number of hydrogen-bond donors (Lipinski definition) is 2. The summed E-state index contributed by atoms with van der Waals surface area (Å²) in [6.45, 7) is 3.59. The largest absolute Gasteiger partial charge is 0.472 e. The van der Waals surface area contributed by atoms with Gasteiger partial charge in [-0.05, 0) is 103 Å². The molecule has 0 aliphatic rings. The van der Waals surface area contributed by atoms with E-state index in [0.29, 0.717) is 6.42 Å². The molecule has 0 fully saturated rings. The van der Waals surface area contributed by atoms with Gasteiger partial charge in [0.1, 0.15) is 6.61 Å². The topological polar surface area (TPSA) is 134 Å². The molecule has 9 nitrogen and oxygen atoms in total. The maximum atomic E-state index is 12.7. The first-order chi connectivity index (χ1) is 33.8. The lowest BCUT2D eigenvalue weighted by molar-refractivity contribution is -0.161. The predicted molar refractivity (Wildman–Crippen MR) is 293 cm³/mol. The molecule has 10 heteroatoms. The summed E-state index contributed by atoms with van der Waals surface area (Å²) in [5, 5.41) is 0. The molecule has 0 radical (unpaired) electrons. The van der Waals surface area contributed by atoms with Gasteiger partial charge in [-0.25, -0.2) is 4.57 Å². The van der Waals surface area contributed by atoms with Gasteiger partial charge in [-0.2, -0.15) is 0 Å². The first kappa shape index (κ1) is 65.7. The summed E-state index contributed by atoms with van der Waals surface area (Å²) in [7, 11) is -4.40. The average molecular weight is 982 g/mol. The Morgan fingerprint density at radius 3 is 1.20 bits per heavy atom. The molecule has 3 N–H and O–H groups in total. The van der Waals surface area contributed by atoms with Gasteiger partial charge >= 0.3 is 19.8 Å². The zero-order valence-corrected chi connectivity index (χ0v) is 44.6. The van der Waals surface area contributed by atoms with E-state index in [9.17, 15) is 19.0 Å². The van der Waals surface area contributed by atoms with Gasteiger partial charge in [0.2, 0.25) is 0 Å². The fourth-order valence-corrected chi connectivity index (χ4v) is 7.88. The number of hydrogen-bond acceptors (Lipinski definition) is 8. The molecule has 0 heterocycles. The van der Waals surface area contributed by atoms with Crippen LogP contribution in [-0.4, -0.2) is 49.3 Å². The summed E-state index contributed by atoms with van der Waals surface area (Å²) in [5.41, 5.74) is 5.37. The first-order valence-corrected chi connectivity index (χ1v) is 28.9. The molecular weight excluding hydrogens is 882 g/mol. The number of carbonyl (C=O) groups is 2. The Hall–Kier alpha value is -3.33. The van der Waals surface area contributed by atoms with Crippen LogP contribution in [0.1, 0.15) is 219 Å². The van der Waals surface area contributed by atoms with Crippen molar-refractivity contribution in [3.63, 3.8) is 0 Å². The monoisotopic (exact) mass is 982 g/mol. The Labute approximate surface area is 422 Å². The van der Waals surface area contributed by atoms with Gasteiger partial charge in [0.25, 0.3) is 0 Å². The molecule has 0 aliphatic heterocycles. The third-order valence-electron chi connectivity index (χ3n) is 11.1. The van der Waals surface area contributed by atoms with Crippen LogP contribution in [0.25, 0.3) is 0 Å². The minimum absolute atomic E-state index is 0.0448. The smallest absolute Gasteiger partial charge is 0.462 e. The summed E-state index contributed by atoms with van der Waals surface area (Å²) in [6.07, 6.45) is 72.7. The maximum Gasteiger partial charge on any atom is 0.472 e. The zero-order valence-electron chi connectivity index (χ0n) is 43.8. The molecule has 0 saturated heterocycles. The van der Waals surface area contributed by atoms with Gasteiger partial charge in [0, 0.05) is 19.4 Å². The summed E-state index contributed by atoms with van der Waals surface area (Å²) in [6, 6.07) is 0. The van der Waals surface area contributed by atoms with Crippen LogP contribution >= 0.6 is 7.82 Å². The van der Waals surface area contributed by atoms with E-state index in [2.05, 4.69) is 123 Å². The number of unbranched alkanes of at least 4 members (excludes halogenated alkanes) is 19. The van der Waals surface area contributed by atoms with Crippen molar-refractivity contribution in [3.05, 3.63) is 109 Å². The molecule has 0 aromatic rings. The Balaban J connectivity index is 4.09. The molecule has 0 aromatic heterocycles. The average Bonchev–Trinajstić information content (AvgIpc) is 3.34. The summed E-state index contributed by atoms with van der Waals surface area (Å²) >= 11 is 0. The van der Waals surface area contributed by atoms with Crippen molar-refractivity contribution < 1.29 is 37.6 Å². The van der Waals surface area contributed by atoms with Crippen molar-refractivity contribution in [1.82, 2.24) is 0 Å². The SMILES string of the molecule is CC/C=C\C/C=C\C/C=C\C/C=C\C/C=C\C/C=C\C/C=C\C/C=C\CCCCCCCCC(=O)OC(COC(=O)CCCCCCCCC/C=C\CCCCCCCC)COP(=O)(O)OCCN. The summed E-state index contributed by atoms with van der Waals surface area (Å²) < 4.78 is 32.9. The molecule has 0 spiro atoms. The third-order valence-corrected chi connectivity index (χ3v) is 12.1. The molecular formula is C59H100NO8P. The minimum atomic E-state index is -4.40. The molecule has 0 aliphatic carbocycles. The number of rotatable bonds is 50. The van der Waals surface area contributed by atoms with Crippen LogP contribution in [0, 0.1) is 0 Å². The highest BCUT2D eigenvalue weighted by Gasteiger charge is 2.26. The van der Waals surface area contributed by atoms with Gasteiger partial charge in [0.05, 0.1) is 13.2 Å². The number of carbonyl (C=O) groups excluding carboxylic acids is 2. The molecule has 2 atom stereocenters. The van der Waals surface area contributed by atoms with Crippen LogP contribution in [0.4, 0.5) is 0 Å². The van der Waals surface area contributed by atoms with Gasteiger partial charge < -0.3 is 20.1 Å². The molecule has 394 valence electrons. The van der Waals surface area contributed by atoms with Crippen LogP contribution in [0.2, 0.25) is 0 Å². The Kier molecular flexibility index (Phi) is 51.4. The molecule has 2 unspecified atom stereocenters. The number of phosphoric ester groups is 1. The van der Waals surface area contributed by atoms with Crippen molar-refractivity contribution in [2.75, 3.05) is 26.4 Å². The summed E-state index contributed by atoms with van der Waals surface area (Å²) in [5.74, 6) is -0.855. The van der Waals surface area contributed by atoms with E-state index in [4.69, 9.17) is 24.3 Å². The van der Waals surface area contributed by atoms with Crippen molar-refractivity contribution in [3.8, 4) is 0 Å². The van der Waals surface area contributed by atoms with E-state index >= 15 is 0 Å². The molecule has 0 bridgehead atoms. The fourth-order valence-electron chi connectivity index (χ4n) is 7.12. The third kappa shape index (κ3) is 53.9. The Bertz CT molecular complexity index is 1490. The van der Waals surface area contributed by atoms with Crippen LogP contribution < -0.4 is 5.73 Å². The normalized spacial score (nSPS) is 14.0. The quantitative estimate of drug-likeness (QED) is 0.0264.